The highest BCUT2D eigenvalue weighted by atomic mass is 32.1. The fourth-order valence-electron chi connectivity index (χ4n) is 3.06. The van der Waals surface area contributed by atoms with Gasteiger partial charge in [0.05, 0.1) is 22.8 Å². The number of nitrogens with zero attached hydrogens (tertiary/aromatic N) is 4. The third kappa shape index (κ3) is 5.36. The Morgan fingerprint density at radius 1 is 1.15 bits per heavy atom. The largest absolute Gasteiger partial charge is 0.416 e. The molecule has 168 valence electrons. The number of hydrogen-bond acceptors (Lipinski definition) is 6. The Hall–Kier alpha value is -3.75. The predicted octanol–water partition coefficient (Wildman–Crippen LogP) is 4.15. The predicted molar refractivity (Wildman–Crippen MR) is 119 cm³/mol. The number of hydrogen-bond donors (Lipinski definition) is 2. The molecule has 2 N–H and O–H groups in total. The van der Waals surface area contributed by atoms with Crippen molar-refractivity contribution in [1.82, 2.24) is 25.1 Å². The van der Waals surface area contributed by atoms with Gasteiger partial charge < -0.3 is 4.90 Å². The average Bonchev–Trinajstić information content (AvgIpc) is 3.40. The van der Waals surface area contributed by atoms with Gasteiger partial charge in [-0.3, -0.25) is 15.2 Å². The molecule has 0 aliphatic rings. The summed E-state index contributed by atoms with van der Waals surface area (Å²) in [5.41, 5.74) is 0.496. The van der Waals surface area contributed by atoms with E-state index in [0.717, 1.165) is 22.8 Å². The van der Waals surface area contributed by atoms with Crippen molar-refractivity contribution < 1.29 is 18.0 Å². The van der Waals surface area contributed by atoms with E-state index in [1.54, 1.807) is 31.4 Å². The molecule has 7 nitrogen and oxygen atoms in total. The summed E-state index contributed by atoms with van der Waals surface area (Å²) in [6, 6.07) is 5.39. The molecule has 0 saturated heterocycles. The number of alkyl halides is 3. The Labute approximate surface area is 190 Å². The number of rotatable bonds is 4. The fraction of sp³-hybridized carbons (Fsp3) is 0.182. The van der Waals surface area contributed by atoms with Crippen LogP contribution in [0.25, 0.3) is 11.0 Å². The van der Waals surface area contributed by atoms with Crippen molar-refractivity contribution in [2.75, 3.05) is 19.4 Å². The molecule has 0 radical (unpaired) electrons. The summed E-state index contributed by atoms with van der Waals surface area (Å²) in [5.74, 6) is 5.22. The van der Waals surface area contributed by atoms with E-state index in [9.17, 15) is 18.0 Å². The van der Waals surface area contributed by atoms with Gasteiger partial charge in [0.25, 0.3) is 5.91 Å². The van der Waals surface area contributed by atoms with Crippen LogP contribution >= 0.6 is 11.3 Å². The van der Waals surface area contributed by atoms with Crippen molar-refractivity contribution >= 4 is 33.4 Å². The Balaban J connectivity index is 1.49. The number of nitrogens with one attached hydrogen (secondary N) is 2. The molecule has 4 aromatic rings. The first kappa shape index (κ1) is 22.4. The highest BCUT2D eigenvalue weighted by Crippen LogP contribution is 2.33. The summed E-state index contributed by atoms with van der Waals surface area (Å²) in [6.07, 6.45) is 0.166. The molecule has 3 aromatic heterocycles. The summed E-state index contributed by atoms with van der Waals surface area (Å²) >= 11 is 1.12. The van der Waals surface area contributed by atoms with Gasteiger partial charge in [-0.1, -0.05) is 23.3 Å². The second kappa shape index (κ2) is 9.01. The standard InChI is InChI=1S/C22H17F3N6OS/c1-31(2)12-15-5-4-14(8-18(15)22(23,24)25)20(32)29-21-27-11-17(33-21)6-3-13-7-16-10-28-30-19(16)26-9-13/h4-5,7-11H,12H2,1-2H3,(H,26,28,30)(H,27,29,32). The van der Waals surface area contributed by atoms with Gasteiger partial charge in [-0.25, -0.2) is 9.97 Å². The van der Waals surface area contributed by atoms with Crippen molar-refractivity contribution in [3.05, 3.63) is 70.0 Å². The molecular formula is C22H17F3N6OS. The van der Waals surface area contributed by atoms with Crippen LogP contribution < -0.4 is 5.32 Å². The number of benzene rings is 1. The molecule has 0 unspecified atom stereocenters. The van der Waals surface area contributed by atoms with Gasteiger partial charge in [-0.15, -0.1) is 0 Å². The summed E-state index contributed by atoms with van der Waals surface area (Å²) in [5, 5.41) is 10.3. The second-order valence-corrected chi connectivity index (χ2v) is 8.40. The van der Waals surface area contributed by atoms with Crippen molar-refractivity contribution in [1.29, 1.82) is 0 Å². The van der Waals surface area contributed by atoms with E-state index in [-0.39, 0.29) is 22.8 Å². The zero-order valence-corrected chi connectivity index (χ0v) is 18.3. The van der Waals surface area contributed by atoms with Crippen LogP contribution in [-0.2, 0) is 12.7 Å². The van der Waals surface area contributed by atoms with Gasteiger partial charge in [-0.2, -0.15) is 18.3 Å². The number of carbonyl (C=O) groups excluding carboxylic acids is 1. The van der Waals surface area contributed by atoms with Gasteiger partial charge in [0.2, 0.25) is 0 Å². The number of carbonyl (C=O) groups is 1. The molecule has 0 aliphatic carbocycles. The van der Waals surface area contributed by atoms with Crippen molar-refractivity contribution in [3.63, 3.8) is 0 Å². The number of fused-ring (bicyclic) bond motifs is 1. The lowest BCUT2D eigenvalue weighted by Crippen LogP contribution is -2.19. The smallest absolute Gasteiger partial charge is 0.305 e. The summed E-state index contributed by atoms with van der Waals surface area (Å²) in [4.78, 5) is 23.0. The first-order valence-corrected chi connectivity index (χ1v) is 10.4. The molecule has 0 atom stereocenters. The van der Waals surface area contributed by atoms with Crippen molar-refractivity contribution in [2.45, 2.75) is 12.7 Å². The molecule has 1 aromatic carbocycles. The number of aromatic nitrogens is 4. The van der Waals surface area contributed by atoms with Crippen LogP contribution in [0.1, 0.15) is 31.9 Å². The Bertz CT molecular complexity index is 1380. The average molecular weight is 470 g/mol. The van der Waals surface area contributed by atoms with E-state index >= 15 is 0 Å². The lowest BCUT2D eigenvalue weighted by Gasteiger charge is -2.17. The maximum Gasteiger partial charge on any atom is 0.416 e. The van der Waals surface area contributed by atoms with Gasteiger partial charge >= 0.3 is 6.18 Å². The first-order valence-electron chi connectivity index (χ1n) is 9.62. The highest BCUT2D eigenvalue weighted by Gasteiger charge is 2.34. The molecule has 0 fully saturated rings. The molecular weight excluding hydrogens is 453 g/mol. The van der Waals surface area contributed by atoms with E-state index < -0.39 is 17.6 Å². The van der Waals surface area contributed by atoms with Crippen molar-refractivity contribution in [3.8, 4) is 11.8 Å². The summed E-state index contributed by atoms with van der Waals surface area (Å²) < 4.78 is 40.4. The molecule has 0 aliphatic heterocycles. The van der Waals surface area contributed by atoms with Crippen LogP contribution in [0.2, 0.25) is 0 Å². The Morgan fingerprint density at radius 2 is 1.97 bits per heavy atom. The Morgan fingerprint density at radius 3 is 2.73 bits per heavy atom. The maximum atomic E-state index is 13.5. The summed E-state index contributed by atoms with van der Waals surface area (Å²) in [7, 11) is 3.35. The lowest BCUT2D eigenvalue weighted by molar-refractivity contribution is -0.138. The quantitative estimate of drug-likeness (QED) is 0.438. The topological polar surface area (TPSA) is 86.8 Å². The zero-order chi connectivity index (χ0) is 23.6. The molecule has 0 saturated carbocycles. The van der Waals surface area contributed by atoms with Crippen LogP contribution in [-0.4, -0.2) is 45.1 Å². The number of thiazole rings is 1. The highest BCUT2D eigenvalue weighted by molar-refractivity contribution is 7.16. The van der Waals surface area contributed by atoms with Crippen LogP contribution in [0.3, 0.4) is 0 Å². The summed E-state index contributed by atoms with van der Waals surface area (Å²) in [6.45, 7) is 0.105. The molecule has 3 heterocycles. The molecule has 11 heteroatoms. The number of H-pyrrole nitrogens is 1. The SMILES string of the molecule is CN(C)Cc1ccc(C(=O)Nc2ncc(C#Cc3cnc4[nH]ncc4c3)s2)cc1C(F)(F)F. The first-order chi connectivity index (χ1) is 15.7. The van der Waals surface area contributed by atoms with Gasteiger partial charge in [-0.05, 0) is 43.8 Å². The number of aromatic amines is 1. The number of anilines is 1. The van der Waals surface area contributed by atoms with Crippen molar-refractivity contribution in [2.24, 2.45) is 0 Å². The Kier molecular flexibility index (Phi) is 6.13. The van der Waals surface area contributed by atoms with E-state index in [1.807, 2.05) is 6.07 Å². The fourth-order valence-corrected chi connectivity index (χ4v) is 3.72. The van der Waals surface area contributed by atoms with E-state index in [2.05, 4.69) is 37.3 Å². The monoisotopic (exact) mass is 470 g/mol. The van der Waals surface area contributed by atoms with Gasteiger partial charge in [0.15, 0.2) is 10.8 Å². The third-order valence-electron chi connectivity index (χ3n) is 4.51. The zero-order valence-electron chi connectivity index (χ0n) is 17.5. The minimum atomic E-state index is -4.57. The molecule has 4 rings (SSSR count). The van der Waals surface area contributed by atoms with Gasteiger partial charge in [0.1, 0.15) is 0 Å². The normalized spacial score (nSPS) is 11.5. The molecule has 33 heavy (non-hydrogen) atoms. The second-order valence-electron chi connectivity index (χ2n) is 7.37. The molecule has 0 spiro atoms. The lowest BCUT2D eigenvalue weighted by atomic mass is 10.0. The minimum Gasteiger partial charge on any atom is -0.305 e. The molecule has 0 bridgehead atoms. The van der Waals surface area contributed by atoms with Crippen LogP contribution in [0.15, 0.2) is 42.9 Å². The van der Waals surface area contributed by atoms with E-state index in [0.29, 0.717) is 16.1 Å². The van der Waals surface area contributed by atoms with E-state index in [1.165, 1.54) is 18.3 Å². The van der Waals surface area contributed by atoms with E-state index in [4.69, 9.17) is 0 Å². The molecule has 1 amide bonds. The number of pyridine rings is 1. The number of halogens is 3. The van der Waals surface area contributed by atoms with Gasteiger partial charge in [0, 0.05) is 29.3 Å². The minimum absolute atomic E-state index is 0.0963. The van der Waals surface area contributed by atoms with Crippen LogP contribution in [0.5, 0.6) is 0 Å². The number of amides is 1. The van der Waals surface area contributed by atoms with Crippen LogP contribution in [0, 0.1) is 11.8 Å². The maximum absolute atomic E-state index is 13.5. The third-order valence-corrected chi connectivity index (χ3v) is 5.34. The van der Waals surface area contributed by atoms with Crippen LogP contribution in [0.4, 0.5) is 18.3 Å².